The molecule has 1 unspecified atom stereocenters. The zero-order chi connectivity index (χ0) is 20.6. The molecule has 1 N–H and O–H groups in total. The molecule has 3 rings (SSSR count). The molecule has 7 heteroatoms. The molecule has 1 heterocycles. The molecule has 5 nitrogen and oxygen atoms in total. The lowest BCUT2D eigenvalue weighted by Gasteiger charge is -2.15. The van der Waals surface area contributed by atoms with Crippen molar-refractivity contribution in [1.29, 1.82) is 0 Å². The number of methoxy groups -OCH3 is 1. The Morgan fingerprint density at radius 1 is 1.17 bits per heavy atom. The van der Waals surface area contributed by atoms with Crippen LogP contribution >= 0.6 is 23.4 Å². The van der Waals surface area contributed by atoms with Gasteiger partial charge in [0.1, 0.15) is 6.61 Å². The molecule has 0 radical (unpaired) electrons. The van der Waals surface area contributed by atoms with Gasteiger partial charge in [-0.3, -0.25) is 9.78 Å². The van der Waals surface area contributed by atoms with Gasteiger partial charge in [-0.25, -0.2) is 0 Å². The molecule has 0 saturated heterocycles. The predicted octanol–water partition coefficient (Wildman–Crippen LogP) is 5.44. The van der Waals surface area contributed by atoms with Crippen molar-refractivity contribution in [2.75, 3.05) is 12.4 Å². The minimum atomic E-state index is -0.322. The van der Waals surface area contributed by atoms with Gasteiger partial charge in [-0.2, -0.15) is 0 Å². The van der Waals surface area contributed by atoms with Crippen LogP contribution in [0.1, 0.15) is 12.5 Å². The van der Waals surface area contributed by atoms with Gasteiger partial charge in [0.2, 0.25) is 5.91 Å². The van der Waals surface area contributed by atoms with Crippen LogP contribution in [0.4, 0.5) is 5.69 Å². The Morgan fingerprint density at radius 3 is 2.72 bits per heavy atom. The first-order valence-electron chi connectivity index (χ1n) is 8.98. The van der Waals surface area contributed by atoms with E-state index in [0.29, 0.717) is 28.8 Å². The predicted molar refractivity (Wildman–Crippen MR) is 117 cm³/mol. The third kappa shape index (κ3) is 5.89. The Labute approximate surface area is 179 Å². The molecule has 0 fully saturated rings. The summed E-state index contributed by atoms with van der Waals surface area (Å²) < 4.78 is 11.2. The van der Waals surface area contributed by atoms with Crippen molar-refractivity contribution >= 4 is 35.0 Å². The first kappa shape index (κ1) is 21.0. The fourth-order valence-electron chi connectivity index (χ4n) is 2.54. The van der Waals surface area contributed by atoms with E-state index in [9.17, 15) is 4.79 Å². The van der Waals surface area contributed by atoms with Crippen LogP contribution < -0.4 is 14.8 Å². The van der Waals surface area contributed by atoms with E-state index in [-0.39, 0.29) is 11.2 Å². The molecule has 0 spiro atoms. The number of carbonyl (C=O) groups excluding carboxylic acids is 1. The van der Waals surface area contributed by atoms with Gasteiger partial charge in [0.25, 0.3) is 0 Å². The van der Waals surface area contributed by atoms with E-state index in [0.717, 1.165) is 10.5 Å². The van der Waals surface area contributed by atoms with Gasteiger partial charge >= 0.3 is 0 Å². The average Bonchev–Trinajstić information content (AvgIpc) is 2.74. The van der Waals surface area contributed by atoms with E-state index in [1.807, 2.05) is 43.3 Å². The lowest BCUT2D eigenvalue weighted by molar-refractivity contribution is -0.115. The Kier molecular flexibility index (Phi) is 7.38. The minimum absolute atomic E-state index is 0.127. The highest BCUT2D eigenvalue weighted by molar-refractivity contribution is 8.00. The number of nitrogens with one attached hydrogen (secondary N) is 1. The molecular formula is C22H21ClN2O3S. The summed E-state index contributed by atoms with van der Waals surface area (Å²) in [7, 11) is 1.58. The normalized spacial score (nSPS) is 11.6. The van der Waals surface area contributed by atoms with Crippen molar-refractivity contribution in [3.8, 4) is 11.5 Å². The topological polar surface area (TPSA) is 60.5 Å². The summed E-state index contributed by atoms with van der Waals surface area (Å²) in [6.45, 7) is 2.19. The third-order valence-corrected chi connectivity index (χ3v) is 5.68. The van der Waals surface area contributed by atoms with Crippen LogP contribution in [-0.2, 0) is 11.4 Å². The van der Waals surface area contributed by atoms with E-state index in [1.165, 1.54) is 11.8 Å². The SMILES string of the molecule is COc1ccc(NC(=O)C(C)Sc2ccccc2Cl)cc1OCc1cccnc1. The number of amides is 1. The summed E-state index contributed by atoms with van der Waals surface area (Å²) in [4.78, 5) is 17.6. The lowest BCUT2D eigenvalue weighted by atomic mass is 10.2. The van der Waals surface area contributed by atoms with Crippen LogP contribution in [0, 0.1) is 0 Å². The first-order chi connectivity index (χ1) is 14.1. The number of thioether (sulfide) groups is 1. The number of carbonyl (C=O) groups is 1. The molecule has 1 aromatic heterocycles. The summed E-state index contributed by atoms with van der Waals surface area (Å²) in [6, 6.07) is 16.5. The fourth-order valence-corrected chi connectivity index (χ4v) is 3.69. The largest absolute Gasteiger partial charge is 0.493 e. The lowest BCUT2D eigenvalue weighted by Crippen LogP contribution is -2.22. The number of hydrogen-bond donors (Lipinski definition) is 1. The van der Waals surface area contributed by atoms with Gasteiger partial charge in [-0.05, 0) is 37.3 Å². The molecule has 0 saturated carbocycles. The summed E-state index contributed by atoms with van der Waals surface area (Å²) >= 11 is 7.60. The number of nitrogens with zero attached hydrogens (tertiary/aromatic N) is 1. The summed E-state index contributed by atoms with van der Waals surface area (Å²) in [5.74, 6) is 1.00. The van der Waals surface area contributed by atoms with Crippen LogP contribution in [0.5, 0.6) is 11.5 Å². The number of halogens is 1. The minimum Gasteiger partial charge on any atom is -0.493 e. The van der Waals surface area contributed by atoms with Crippen molar-refractivity contribution in [3.63, 3.8) is 0 Å². The second-order valence-corrected chi connectivity index (χ2v) is 7.99. The Hall–Kier alpha value is -2.70. The summed E-state index contributed by atoms with van der Waals surface area (Å²) in [5, 5.41) is 3.23. The van der Waals surface area contributed by atoms with E-state index in [1.54, 1.807) is 37.7 Å². The molecule has 1 atom stereocenters. The van der Waals surface area contributed by atoms with Crippen LogP contribution in [0.2, 0.25) is 5.02 Å². The number of anilines is 1. The van der Waals surface area contributed by atoms with Crippen molar-refractivity contribution in [3.05, 3.63) is 77.6 Å². The summed E-state index contributed by atoms with van der Waals surface area (Å²) in [5.41, 5.74) is 1.57. The maximum Gasteiger partial charge on any atom is 0.237 e. The third-order valence-electron chi connectivity index (χ3n) is 4.06. The van der Waals surface area contributed by atoms with Gasteiger partial charge in [-0.1, -0.05) is 29.8 Å². The molecule has 0 aliphatic carbocycles. The van der Waals surface area contributed by atoms with Crippen molar-refractivity contribution in [1.82, 2.24) is 4.98 Å². The van der Waals surface area contributed by atoms with Crippen LogP contribution in [0.25, 0.3) is 0 Å². The monoisotopic (exact) mass is 428 g/mol. The smallest absolute Gasteiger partial charge is 0.237 e. The Balaban J connectivity index is 1.66. The fraction of sp³-hybridized carbons (Fsp3) is 0.182. The van der Waals surface area contributed by atoms with Crippen LogP contribution in [0.15, 0.2) is 71.9 Å². The quantitative estimate of drug-likeness (QED) is 0.484. The number of benzene rings is 2. The van der Waals surface area contributed by atoms with Gasteiger partial charge in [-0.15, -0.1) is 11.8 Å². The zero-order valence-electron chi connectivity index (χ0n) is 16.1. The highest BCUT2D eigenvalue weighted by Gasteiger charge is 2.17. The number of hydrogen-bond acceptors (Lipinski definition) is 5. The highest BCUT2D eigenvalue weighted by Crippen LogP contribution is 2.33. The molecule has 0 aliphatic heterocycles. The number of aromatic nitrogens is 1. The average molecular weight is 429 g/mol. The second kappa shape index (κ2) is 10.2. The van der Waals surface area contributed by atoms with Crippen molar-refractivity contribution in [2.24, 2.45) is 0 Å². The van der Waals surface area contributed by atoms with Crippen LogP contribution in [-0.4, -0.2) is 23.3 Å². The standard InChI is InChI=1S/C22H21ClN2O3S/c1-15(29-21-8-4-3-7-18(21)23)22(26)25-17-9-10-19(27-2)20(12-17)28-14-16-6-5-11-24-13-16/h3-13,15H,14H2,1-2H3,(H,25,26). The molecule has 1 amide bonds. The van der Waals surface area contributed by atoms with E-state index in [2.05, 4.69) is 10.3 Å². The van der Waals surface area contributed by atoms with E-state index >= 15 is 0 Å². The molecule has 2 aromatic carbocycles. The van der Waals surface area contributed by atoms with Crippen molar-refractivity contribution in [2.45, 2.75) is 23.7 Å². The van der Waals surface area contributed by atoms with Gasteiger partial charge in [0, 0.05) is 34.6 Å². The van der Waals surface area contributed by atoms with E-state index < -0.39 is 0 Å². The summed E-state index contributed by atoms with van der Waals surface area (Å²) in [6.07, 6.45) is 3.45. The van der Waals surface area contributed by atoms with E-state index in [4.69, 9.17) is 21.1 Å². The second-order valence-electron chi connectivity index (χ2n) is 6.20. The maximum absolute atomic E-state index is 12.6. The zero-order valence-corrected chi connectivity index (χ0v) is 17.7. The molecule has 150 valence electrons. The van der Waals surface area contributed by atoms with Crippen LogP contribution in [0.3, 0.4) is 0 Å². The number of ether oxygens (including phenoxy) is 2. The molecule has 29 heavy (non-hydrogen) atoms. The Morgan fingerprint density at radius 2 is 2.00 bits per heavy atom. The van der Waals surface area contributed by atoms with Gasteiger partial charge < -0.3 is 14.8 Å². The molecule has 0 aliphatic rings. The molecular weight excluding hydrogens is 408 g/mol. The first-order valence-corrected chi connectivity index (χ1v) is 10.2. The highest BCUT2D eigenvalue weighted by atomic mass is 35.5. The number of rotatable bonds is 8. The molecule has 0 bridgehead atoms. The Bertz CT molecular complexity index is 969. The van der Waals surface area contributed by atoms with Crippen molar-refractivity contribution < 1.29 is 14.3 Å². The van der Waals surface area contributed by atoms with Gasteiger partial charge in [0.15, 0.2) is 11.5 Å². The number of pyridine rings is 1. The van der Waals surface area contributed by atoms with Gasteiger partial charge in [0.05, 0.1) is 17.4 Å². The maximum atomic E-state index is 12.6. The molecule has 3 aromatic rings.